The lowest BCUT2D eigenvalue weighted by Crippen LogP contribution is -2.27. The molecule has 4 rings (SSSR count). The van der Waals surface area contributed by atoms with E-state index >= 15 is 0 Å². The molecule has 0 unspecified atom stereocenters. The Morgan fingerprint density at radius 2 is 1.88 bits per heavy atom. The normalized spacial score (nSPS) is 14.7. The second-order valence-corrected chi connectivity index (χ2v) is 10.7. The van der Waals surface area contributed by atoms with E-state index in [9.17, 15) is 4.79 Å². The van der Waals surface area contributed by atoms with Crippen molar-refractivity contribution in [2.45, 2.75) is 13.2 Å². The van der Waals surface area contributed by atoms with Crippen molar-refractivity contribution in [3.05, 3.63) is 96.8 Å². The number of amides is 1. The van der Waals surface area contributed by atoms with E-state index in [-0.39, 0.29) is 12.5 Å². The van der Waals surface area contributed by atoms with Crippen LogP contribution in [0, 0.1) is 0 Å². The van der Waals surface area contributed by atoms with Crippen molar-refractivity contribution in [2.75, 3.05) is 7.11 Å². The van der Waals surface area contributed by atoms with E-state index in [0.29, 0.717) is 41.8 Å². The molecule has 34 heavy (non-hydrogen) atoms. The molecule has 0 radical (unpaired) electrons. The summed E-state index contributed by atoms with van der Waals surface area (Å²) in [5.41, 5.74) is 2.60. The Morgan fingerprint density at radius 3 is 2.59 bits per heavy atom. The van der Waals surface area contributed by atoms with Gasteiger partial charge in [-0.25, -0.2) is 0 Å². The van der Waals surface area contributed by atoms with Crippen LogP contribution in [0.3, 0.4) is 0 Å². The van der Waals surface area contributed by atoms with Gasteiger partial charge in [-0.05, 0) is 57.4 Å². The van der Waals surface area contributed by atoms with Gasteiger partial charge in [0.2, 0.25) is 0 Å². The average molecular weight is 595 g/mol. The second-order valence-electron chi connectivity index (χ2n) is 7.31. The van der Waals surface area contributed by atoms with Gasteiger partial charge in [0.1, 0.15) is 10.9 Å². The lowest BCUT2D eigenvalue weighted by atomic mass is 10.1. The van der Waals surface area contributed by atoms with Gasteiger partial charge in [0.15, 0.2) is 11.5 Å². The fourth-order valence-electron chi connectivity index (χ4n) is 3.31. The number of carbonyl (C=O) groups excluding carboxylic acids is 1. The number of carbonyl (C=O) groups is 1. The summed E-state index contributed by atoms with van der Waals surface area (Å²) in [6.07, 6.45) is 1.80. The summed E-state index contributed by atoms with van der Waals surface area (Å²) in [5, 5.41) is 1.09. The SMILES string of the molecule is COc1cc(/C=C2\SC(=S)N(Cc3ccccc3)C2=O)cc(Br)c1OCc1ccc(Cl)cc1Cl. The quantitative estimate of drug-likeness (QED) is 0.207. The van der Waals surface area contributed by atoms with E-state index in [0.717, 1.165) is 16.7 Å². The van der Waals surface area contributed by atoms with Crippen molar-refractivity contribution in [1.29, 1.82) is 0 Å². The highest BCUT2D eigenvalue weighted by molar-refractivity contribution is 9.10. The zero-order valence-corrected chi connectivity index (χ0v) is 22.6. The zero-order chi connectivity index (χ0) is 24.2. The highest BCUT2D eigenvalue weighted by Gasteiger charge is 2.32. The molecule has 0 spiro atoms. The van der Waals surface area contributed by atoms with Gasteiger partial charge in [-0.15, -0.1) is 0 Å². The van der Waals surface area contributed by atoms with E-state index in [4.69, 9.17) is 44.9 Å². The van der Waals surface area contributed by atoms with Gasteiger partial charge in [0.25, 0.3) is 5.91 Å². The van der Waals surface area contributed by atoms with Crippen molar-refractivity contribution in [1.82, 2.24) is 4.90 Å². The van der Waals surface area contributed by atoms with Crippen molar-refractivity contribution in [2.24, 2.45) is 0 Å². The van der Waals surface area contributed by atoms with Crippen LogP contribution in [0.4, 0.5) is 0 Å². The Morgan fingerprint density at radius 1 is 1.12 bits per heavy atom. The number of thioether (sulfide) groups is 1. The minimum Gasteiger partial charge on any atom is -0.493 e. The lowest BCUT2D eigenvalue weighted by molar-refractivity contribution is -0.122. The molecule has 4 nitrogen and oxygen atoms in total. The van der Waals surface area contributed by atoms with Crippen LogP contribution in [0.2, 0.25) is 10.0 Å². The molecule has 1 amide bonds. The summed E-state index contributed by atoms with van der Waals surface area (Å²) >= 11 is 22.5. The molecule has 0 saturated carbocycles. The number of rotatable bonds is 7. The predicted octanol–water partition coefficient (Wildman–Crippen LogP) is 7.74. The van der Waals surface area contributed by atoms with E-state index in [1.165, 1.54) is 11.8 Å². The van der Waals surface area contributed by atoms with Crippen molar-refractivity contribution < 1.29 is 14.3 Å². The molecular formula is C25H18BrCl2NO3S2. The van der Waals surface area contributed by atoms with Crippen LogP contribution in [-0.2, 0) is 17.9 Å². The van der Waals surface area contributed by atoms with Crippen molar-refractivity contribution in [3.8, 4) is 11.5 Å². The topological polar surface area (TPSA) is 38.8 Å². The van der Waals surface area contributed by atoms with E-state index in [2.05, 4.69) is 15.9 Å². The predicted molar refractivity (Wildman–Crippen MR) is 147 cm³/mol. The Balaban J connectivity index is 1.54. The summed E-state index contributed by atoms with van der Waals surface area (Å²) < 4.78 is 12.8. The Hall–Kier alpha value is -2.03. The number of benzene rings is 3. The van der Waals surface area contributed by atoms with Gasteiger partial charge in [0, 0.05) is 15.6 Å². The minimum atomic E-state index is -0.119. The number of nitrogens with zero attached hydrogens (tertiary/aromatic N) is 1. The molecule has 0 atom stereocenters. The fourth-order valence-corrected chi connectivity index (χ4v) is 5.60. The van der Waals surface area contributed by atoms with Crippen LogP contribution in [-0.4, -0.2) is 22.2 Å². The van der Waals surface area contributed by atoms with Crippen LogP contribution in [0.1, 0.15) is 16.7 Å². The number of hydrogen-bond acceptors (Lipinski definition) is 5. The van der Waals surface area contributed by atoms with Crippen LogP contribution >= 0.6 is 63.1 Å². The van der Waals surface area contributed by atoms with Gasteiger partial charge < -0.3 is 9.47 Å². The zero-order valence-electron chi connectivity index (χ0n) is 17.9. The monoisotopic (exact) mass is 593 g/mol. The molecule has 1 fully saturated rings. The maximum atomic E-state index is 13.0. The molecule has 3 aromatic rings. The number of halogens is 3. The molecule has 3 aromatic carbocycles. The fraction of sp³-hybridized carbons (Fsp3) is 0.120. The van der Waals surface area contributed by atoms with E-state index < -0.39 is 0 Å². The number of methoxy groups -OCH3 is 1. The van der Waals surface area contributed by atoms with Crippen molar-refractivity contribution >= 4 is 79.4 Å². The number of ether oxygens (including phenoxy) is 2. The van der Waals surface area contributed by atoms with Gasteiger partial charge in [0.05, 0.1) is 23.0 Å². The van der Waals surface area contributed by atoms with Gasteiger partial charge >= 0.3 is 0 Å². The third-order valence-electron chi connectivity index (χ3n) is 4.99. The Labute approximate surface area is 226 Å². The molecule has 0 aliphatic carbocycles. The van der Waals surface area contributed by atoms with Gasteiger partial charge in [-0.3, -0.25) is 9.69 Å². The first kappa shape index (κ1) is 25.1. The maximum absolute atomic E-state index is 13.0. The van der Waals surface area contributed by atoms with Crippen molar-refractivity contribution in [3.63, 3.8) is 0 Å². The molecule has 1 saturated heterocycles. The Kier molecular flexibility index (Phi) is 8.22. The third kappa shape index (κ3) is 5.78. The molecule has 174 valence electrons. The smallest absolute Gasteiger partial charge is 0.266 e. The van der Waals surface area contributed by atoms with E-state index in [1.54, 1.807) is 30.2 Å². The second kappa shape index (κ2) is 11.1. The molecule has 0 N–H and O–H groups in total. The summed E-state index contributed by atoms with van der Waals surface area (Å²) in [6.45, 7) is 0.679. The van der Waals surface area contributed by atoms with Crippen LogP contribution in [0.15, 0.2) is 70.0 Å². The molecule has 9 heteroatoms. The van der Waals surface area contributed by atoms with Crippen LogP contribution in [0.25, 0.3) is 6.08 Å². The first-order chi connectivity index (χ1) is 16.4. The Bertz CT molecular complexity index is 1280. The molecular weight excluding hydrogens is 577 g/mol. The molecule has 1 aliphatic heterocycles. The summed E-state index contributed by atoms with van der Waals surface area (Å²) in [4.78, 5) is 15.2. The van der Waals surface area contributed by atoms with Crippen LogP contribution < -0.4 is 9.47 Å². The summed E-state index contributed by atoms with van der Waals surface area (Å²) in [7, 11) is 1.56. The molecule has 1 heterocycles. The molecule has 0 bridgehead atoms. The van der Waals surface area contributed by atoms with Gasteiger partial charge in [-0.1, -0.05) is 83.6 Å². The minimum absolute atomic E-state index is 0.119. The summed E-state index contributed by atoms with van der Waals surface area (Å²) in [5.74, 6) is 0.930. The highest BCUT2D eigenvalue weighted by atomic mass is 79.9. The first-order valence-electron chi connectivity index (χ1n) is 10.1. The van der Waals surface area contributed by atoms with E-state index in [1.807, 2.05) is 48.5 Å². The lowest BCUT2D eigenvalue weighted by Gasteiger charge is -2.15. The molecule has 0 aromatic heterocycles. The first-order valence-corrected chi connectivity index (χ1v) is 12.9. The number of hydrogen-bond donors (Lipinski definition) is 0. The number of thiocarbonyl (C=S) groups is 1. The largest absolute Gasteiger partial charge is 0.493 e. The summed E-state index contributed by atoms with van der Waals surface area (Å²) in [6, 6.07) is 18.7. The van der Waals surface area contributed by atoms with Crippen LogP contribution in [0.5, 0.6) is 11.5 Å². The third-order valence-corrected chi connectivity index (χ3v) is 7.55. The standard InChI is InChI=1S/C25H18BrCl2NO3S2/c1-31-21-10-16(9-19(26)23(21)32-14-17-7-8-18(27)12-20(17)28)11-22-24(30)29(25(33)34-22)13-15-5-3-2-4-6-15/h2-12H,13-14H2,1H3/b22-11-. The average Bonchev–Trinajstić information content (AvgIpc) is 3.07. The maximum Gasteiger partial charge on any atom is 0.266 e. The molecule has 1 aliphatic rings. The van der Waals surface area contributed by atoms with Gasteiger partial charge in [-0.2, -0.15) is 0 Å². The highest BCUT2D eigenvalue weighted by Crippen LogP contribution is 2.40.